The fourth-order valence-electron chi connectivity index (χ4n) is 1.91. The molecular formula is C15H27IN4O. The molecule has 0 aromatic heterocycles. The van der Waals surface area contributed by atoms with Crippen LogP contribution in [0.3, 0.4) is 0 Å². The van der Waals surface area contributed by atoms with Crippen LogP contribution in [-0.2, 0) is 0 Å². The van der Waals surface area contributed by atoms with Crippen LogP contribution in [0.1, 0.15) is 24.9 Å². The first-order chi connectivity index (χ1) is 9.58. The third kappa shape index (κ3) is 6.99. The minimum Gasteiger partial charge on any atom is -0.497 e. The molecule has 6 heteroatoms. The van der Waals surface area contributed by atoms with E-state index in [-0.39, 0.29) is 30.0 Å². The van der Waals surface area contributed by atoms with E-state index in [9.17, 15) is 0 Å². The first-order valence-corrected chi connectivity index (χ1v) is 6.92. The van der Waals surface area contributed by atoms with Gasteiger partial charge in [-0.05, 0) is 38.2 Å². The molecule has 1 aromatic carbocycles. The molecule has 0 aliphatic carbocycles. The van der Waals surface area contributed by atoms with Gasteiger partial charge in [-0.1, -0.05) is 19.1 Å². The van der Waals surface area contributed by atoms with E-state index in [1.54, 1.807) is 7.11 Å². The van der Waals surface area contributed by atoms with E-state index in [0.717, 1.165) is 18.7 Å². The molecule has 0 fully saturated rings. The van der Waals surface area contributed by atoms with E-state index in [1.165, 1.54) is 5.56 Å². The van der Waals surface area contributed by atoms with E-state index in [1.807, 2.05) is 32.3 Å². The number of nitrogens with two attached hydrogens (primary N) is 1. The molecule has 0 aliphatic heterocycles. The fourth-order valence-corrected chi connectivity index (χ4v) is 1.91. The first kappa shape index (κ1) is 20.0. The molecule has 1 aromatic rings. The second-order valence-electron chi connectivity index (χ2n) is 4.91. The standard InChI is InChI=1S/C15H26N4O.HI/c1-5-9-17-15(16)18-11-14(19(2)3)12-7-6-8-13(10-12)20-4;/h6-8,10,14H,5,9,11H2,1-4H3,(H3,16,17,18);1H. The fraction of sp³-hybridized carbons (Fsp3) is 0.533. The Hall–Kier alpha value is -1.02. The highest BCUT2D eigenvalue weighted by atomic mass is 127. The van der Waals surface area contributed by atoms with E-state index < -0.39 is 0 Å². The third-order valence-electron chi connectivity index (χ3n) is 3.09. The Morgan fingerprint density at radius 2 is 2.14 bits per heavy atom. The maximum atomic E-state index is 5.84. The van der Waals surface area contributed by atoms with Gasteiger partial charge in [0, 0.05) is 6.54 Å². The van der Waals surface area contributed by atoms with Gasteiger partial charge in [0.25, 0.3) is 0 Å². The van der Waals surface area contributed by atoms with Crippen molar-refractivity contribution < 1.29 is 4.74 Å². The molecule has 0 aliphatic rings. The van der Waals surface area contributed by atoms with E-state index in [4.69, 9.17) is 10.5 Å². The molecule has 0 radical (unpaired) electrons. The predicted octanol–water partition coefficient (Wildman–Crippen LogP) is 2.23. The Kier molecular flexibility index (Phi) is 10.2. The second-order valence-corrected chi connectivity index (χ2v) is 4.91. The van der Waals surface area contributed by atoms with Gasteiger partial charge in [-0.25, -0.2) is 0 Å². The maximum absolute atomic E-state index is 5.84. The number of nitrogens with one attached hydrogen (secondary N) is 1. The molecule has 0 spiro atoms. The van der Waals surface area contributed by atoms with Gasteiger partial charge >= 0.3 is 0 Å². The highest BCUT2D eigenvalue weighted by Gasteiger charge is 2.14. The summed E-state index contributed by atoms with van der Waals surface area (Å²) in [6, 6.07) is 8.23. The minimum absolute atomic E-state index is 0. The van der Waals surface area contributed by atoms with Gasteiger partial charge in [0.15, 0.2) is 5.96 Å². The monoisotopic (exact) mass is 406 g/mol. The summed E-state index contributed by atoms with van der Waals surface area (Å²) in [5.74, 6) is 1.36. The lowest BCUT2D eigenvalue weighted by Crippen LogP contribution is -2.33. The van der Waals surface area contributed by atoms with Gasteiger partial charge < -0.3 is 20.7 Å². The number of hydrogen-bond acceptors (Lipinski definition) is 3. The van der Waals surface area contributed by atoms with Crippen LogP contribution in [0.4, 0.5) is 0 Å². The van der Waals surface area contributed by atoms with Crippen LogP contribution in [0.15, 0.2) is 29.3 Å². The van der Waals surface area contributed by atoms with Crippen molar-refractivity contribution in [2.45, 2.75) is 19.4 Å². The number of halogens is 1. The molecule has 0 bridgehead atoms. The second kappa shape index (κ2) is 10.7. The van der Waals surface area contributed by atoms with E-state index in [0.29, 0.717) is 12.5 Å². The highest BCUT2D eigenvalue weighted by molar-refractivity contribution is 14.0. The summed E-state index contributed by atoms with van der Waals surface area (Å²) in [7, 11) is 5.75. The largest absolute Gasteiger partial charge is 0.497 e. The zero-order chi connectivity index (χ0) is 15.0. The summed E-state index contributed by atoms with van der Waals surface area (Å²) in [5, 5.41) is 3.09. The highest BCUT2D eigenvalue weighted by Crippen LogP contribution is 2.22. The molecule has 0 heterocycles. The molecule has 0 saturated carbocycles. The molecule has 21 heavy (non-hydrogen) atoms. The average molecular weight is 406 g/mol. The van der Waals surface area contributed by atoms with Crippen molar-refractivity contribution in [3.05, 3.63) is 29.8 Å². The molecular weight excluding hydrogens is 379 g/mol. The summed E-state index contributed by atoms with van der Waals surface area (Å²) in [4.78, 5) is 6.55. The number of guanidine groups is 1. The number of rotatable bonds is 7. The number of methoxy groups -OCH3 is 1. The van der Waals surface area contributed by atoms with E-state index >= 15 is 0 Å². The third-order valence-corrected chi connectivity index (χ3v) is 3.09. The number of hydrogen-bond donors (Lipinski definition) is 2. The number of nitrogens with zero attached hydrogens (tertiary/aromatic N) is 2. The normalized spacial score (nSPS) is 12.7. The van der Waals surface area contributed by atoms with Gasteiger partial charge in [0.05, 0.1) is 19.7 Å². The zero-order valence-corrected chi connectivity index (χ0v) is 15.6. The van der Waals surface area contributed by atoms with Crippen LogP contribution in [0, 0.1) is 0 Å². The average Bonchev–Trinajstić information content (AvgIpc) is 2.45. The zero-order valence-electron chi connectivity index (χ0n) is 13.3. The van der Waals surface area contributed by atoms with Crippen molar-refractivity contribution in [1.82, 2.24) is 10.2 Å². The Morgan fingerprint density at radius 1 is 1.43 bits per heavy atom. The van der Waals surface area contributed by atoms with Gasteiger partial charge in [0.2, 0.25) is 0 Å². The Balaban J connectivity index is 0.00000400. The van der Waals surface area contributed by atoms with Crippen molar-refractivity contribution in [2.24, 2.45) is 10.7 Å². The van der Waals surface area contributed by atoms with Gasteiger partial charge in [-0.3, -0.25) is 4.99 Å². The van der Waals surface area contributed by atoms with Crippen molar-refractivity contribution in [3.8, 4) is 5.75 Å². The topological polar surface area (TPSA) is 62.9 Å². The molecule has 1 unspecified atom stereocenters. The SMILES string of the molecule is CCCNC(N)=NCC(c1cccc(OC)c1)N(C)C.I. The van der Waals surface area contributed by atoms with Gasteiger partial charge in [-0.2, -0.15) is 0 Å². The van der Waals surface area contributed by atoms with Crippen molar-refractivity contribution in [3.63, 3.8) is 0 Å². The number of aliphatic imine (C=N–C) groups is 1. The molecule has 3 N–H and O–H groups in total. The molecule has 120 valence electrons. The molecule has 5 nitrogen and oxygen atoms in total. The molecule has 1 atom stereocenters. The molecule has 0 amide bonds. The summed E-state index contributed by atoms with van der Waals surface area (Å²) in [5.41, 5.74) is 7.01. The van der Waals surface area contributed by atoms with Gasteiger partial charge in [0.1, 0.15) is 5.75 Å². The molecule has 1 rings (SSSR count). The summed E-state index contributed by atoms with van der Waals surface area (Å²) in [6.07, 6.45) is 1.03. The number of benzene rings is 1. The molecule has 0 saturated heterocycles. The number of ether oxygens (including phenoxy) is 1. The van der Waals surface area contributed by atoms with E-state index in [2.05, 4.69) is 28.2 Å². The maximum Gasteiger partial charge on any atom is 0.188 e. The Labute approximate surface area is 145 Å². The van der Waals surface area contributed by atoms with Crippen LogP contribution in [-0.4, -0.2) is 45.2 Å². The van der Waals surface area contributed by atoms with Gasteiger partial charge in [-0.15, -0.1) is 24.0 Å². The summed E-state index contributed by atoms with van der Waals surface area (Å²) in [6.45, 7) is 3.56. The van der Waals surface area contributed by atoms with Crippen molar-refractivity contribution >= 4 is 29.9 Å². The predicted molar refractivity (Wildman–Crippen MR) is 99.6 cm³/mol. The lowest BCUT2D eigenvalue weighted by atomic mass is 10.1. The number of likely N-dealkylation sites (N-methyl/N-ethyl adjacent to an activating group) is 1. The minimum atomic E-state index is 0. The van der Waals surface area contributed by atoms with Crippen molar-refractivity contribution in [1.29, 1.82) is 0 Å². The first-order valence-electron chi connectivity index (χ1n) is 6.92. The summed E-state index contributed by atoms with van der Waals surface area (Å²) >= 11 is 0. The lowest BCUT2D eigenvalue weighted by molar-refractivity contribution is 0.305. The van der Waals surface area contributed by atoms with Crippen LogP contribution in [0.5, 0.6) is 5.75 Å². The van der Waals surface area contributed by atoms with Crippen molar-refractivity contribution in [2.75, 3.05) is 34.3 Å². The van der Waals surface area contributed by atoms with Crippen LogP contribution in [0.2, 0.25) is 0 Å². The summed E-state index contributed by atoms with van der Waals surface area (Å²) < 4.78 is 5.27. The lowest BCUT2D eigenvalue weighted by Gasteiger charge is -2.23. The quantitative estimate of drug-likeness (QED) is 0.414. The van der Waals surface area contributed by atoms with Crippen LogP contribution in [0.25, 0.3) is 0 Å². The smallest absolute Gasteiger partial charge is 0.188 e. The Morgan fingerprint density at radius 3 is 2.71 bits per heavy atom. The van der Waals surface area contributed by atoms with Crippen LogP contribution < -0.4 is 15.8 Å². The van der Waals surface area contributed by atoms with Crippen LogP contribution >= 0.6 is 24.0 Å². The Bertz CT molecular complexity index is 437.